The maximum atomic E-state index is 12.0. The molecule has 1 heterocycles. The van der Waals surface area contributed by atoms with E-state index < -0.39 is 0 Å². The number of hydrogen-bond acceptors (Lipinski definition) is 4. The summed E-state index contributed by atoms with van der Waals surface area (Å²) in [6.07, 6.45) is 1.13. The summed E-state index contributed by atoms with van der Waals surface area (Å²) in [5.41, 5.74) is 8.04. The number of halogens is 1. The number of aryl methyl sites for hydroxylation is 2. The van der Waals surface area contributed by atoms with Crippen molar-refractivity contribution in [1.82, 2.24) is 4.98 Å². The predicted molar refractivity (Wildman–Crippen MR) is 90.1 cm³/mol. The number of nitrogens with one attached hydrogen (secondary N) is 1. The summed E-state index contributed by atoms with van der Waals surface area (Å²) in [5, 5.41) is 3.48. The number of thiazole rings is 1. The average molecular weight is 326 g/mol. The minimum atomic E-state index is -0.289. The van der Waals surface area contributed by atoms with E-state index in [1.54, 1.807) is 0 Å². The molecule has 1 aromatic heterocycles. The molecule has 2 rings (SSSR count). The van der Waals surface area contributed by atoms with Gasteiger partial charge in [-0.25, -0.2) is 4.98 Å². The van der Waals surface area contributed by atoms with Crippen molar-refractivity contribution in [2.24, 2.45) is 5.73 Å². The summed E-state index contributed by atoms with van der Waals surface area (Å²) < 4.78 is 0. The van der Waals surface area contributed by atoms with Gasteiger partial charge in [-0.15, -0.1) is 23.7 Å². The Balaban J connectivity index is 0.00000220. The number of hydrogen-bond donors (Lipinski definition) is 2. The Morgan fingerprint density at radius 3 is 2.62 bits per heavy atom. The lowest BCUT2D eigenvalue weighted by Crippen LogP contribution is -2.20. The minimum Gasteiger partial charge on any atom is -0.324 e. The predicted octanol–water partition coefficient (Wildman–Crippen LogP) is 3.46. The molecule has 0 aliphatic rings. The van der Waals surface area contributed by atoms with E-state index in [1.165, 1.54) is 11.3 Å². The molecular formula is C15H20ClN3OS. The van der Waals surface area contributed by atoms with Crippen LogP contribution in [0.3, 0.4) is 0 Å². The molecule has 21 heavy (non-hydrogen) atoms. The molecule has 0 fully saturated rings. The highest BCUT2D eigenvalue weighted by molar-refractivity contribution is 7.15. The molecule has 3 N–H and O–H groups in total. The first-order valence-corrected chi connectivity index (χ1v) is 7.48. The molecule has 2 aromatic rings. The highest BCUT2D eigenvalue weighted by Crippen LogP contribution is 2.23. The molecule has 1 aromatic carbocycles. The fourth-order valence-corrected chi connectivity index (χ4v) is 2.92. The smallest absolute Gasteiger partial charge is 0.228 e. The summed E-state index contributed by atoms with van der Waals surface area (Å²) in [4.78, 5) is 17.5. The van der Waals surface area contributed by atoms with Crippen LogP contribution >= 0.6 is 23.7 Å². The van der Waals surface area contributed by atoms with Gasteiger partial charge in [-0.1, -0.05) is 37.3 Å². The molecule has 0 radical (unpaired) electrons. The number of benzene rings is 1. The number of amides is 1. The zero-order valence-electron chi connectivity index (χ0n) is 12.1. The summed E-state index contributed by atoms with van der Waals surface area (Å²) in [7, 11) is 0. The molecular weight excluding hydrogens is 306 g/mol. The van der Waals surface area contributed by atoms with Gasteiger partial charge < -0.3 is 11.1 Å². The van der Waals surface area contributed by atoms with Crippen molar-refractivity contribution in [3.8, 4) is 0 Å². The van der Waals surface area contributed by atoms with Gasteiger partial charge in [0.05, 0.1) is 5.69 Å². The SMILES string of the molecule is CCc1nc(NC(=O)CC(N)c2ccccc2)sc1C.Cl. The van der Waals surface area contributed by atoms with Gasteiger partial charge in [0, 0.05) is 17.3 Å². The molecule has 4 nitrogen and oxygen atoms in total. The van der Waals surface area contributed by atoms with Crippen LogP contribution in [-0.2, 0) is 11.2 Å². The number of nitrogens with two attached hydrogens (primary N) is 1. The number of nitrogens with zero attached hydrogens (tertiary/aromatic N) is 1. The lowest BCUT2D eigenvalue weighted by atomic mass is 10.0. The first-order chi connectivity index (χ1) is 9.60. The maximum Gasteiger partial charge on any atom is 0.228 e. The third-order valence-electron chi connectivity index (χ3n) is 3.11. The van der Waals surface area contributed by atoms with Gasteiger partial charge in [-0.2, -0.15) is 0 Å². The number of anilines is 1. The van der Waals surface area contributed by atoms with Crippen LogP contribution in [0, 0.1) is 6.92 Å². The van der Waals surface area contributed by atoms with Gasteiger partial charge in [0.25, 0.3) is 0 Å². The Labute approximate surface area is 135 Å². The Morgan fingerprint density at radius 1 is 1.38 bits per heavy atom. The van der Waals surface area contributed by atoms with Crippen molar-refractivity contribution >= 4 is 34.8 Å². The van der Waals surface area contributed by atoms with Crippen LogP contribution in [0.2, 0.25) is 0 Å². The number of carbonyl (C=O) groups is 1. The Hall–Kier alpha value is -1.43. The van der Waals surface area contributed by atoms with Crippen molar-refractivity contribution in [3.63, 3.8) is 0 Å². The van der Waals surface area contributed by atoms with Crippen molar-refractivity contribution in [2.75, 3.05) is 5.32 Å². The number of carbonyl (C=O) groups excluding carboxylic acids is 1. The zero-order chi connectivity index (χ0) is 14.5. The quantitative estimate of drug-likeness (QED) is 0.884. The van der Waals surface area contributed by atoms with Gasteiger partial charge in [0.2, 0.25) is 5.91 Å². The first-order valence-electron chi connectivity index (χ1n) is 6.66. The third-order valence-corrected chi connectivity index (χ3v) is 4.04. The van der Waals surface area contributed by atoms with Crippen LogP contribution in [0.4, 0.5) is 5.13 Å². The average Bonchev–Trinajstić information content (AvgIpc) is 2.79. The third kappa shape index (κ3) is 4.81. The van der Waals surface area contributed by atoms with Crippen LogP contribution in [-0.4, -0.2) is 10.9 Å². The van der Waals surface area contributed by atoms with E-state index in [4.69, 9.17) is 5.73 Å². The number of aromatic nitrogens is 1. The van der Waals surface area contributed by atoms with Gasteiger partial charge in [0.1, 0.15) is 0 Å². The molecule has 114 valence electrons. The van der Waals surface area contributed by atoms with E-state index in [9.17, 15) is 4.79 Å². The van der Waals surface area contributed by atoms with Crippen molar-refractivity contribution in [1.29, 1.82) is 0 Å². The van der Waals surface area contributed by atoms with Crippen LogP contribution in [0.1, 0.15) is 35.5 Å². The fourth-order valence-electron chi connectivity index (χ4n) is 2.00. The highest BCUT2D eigenvalue weighted by atomic mass is 35.5. The van der Waals surface area contributed by atoms with Crippen LogP contribution < -0.4 is 11.1 Å². The van der Waals surface area contributed by atoms with E-state index in [2.05, 4.69) is 17.2 Å². The van der Waals surface area contributed by atoms with E-state index >= 15 is 0 Å². The van der Waals surface area contributed by atoms with E-state index in [1.807, 2.05) is 37.3 Å². The van der Waals surface area contributed by atoms with Crippen molar-refractivity contribution in [2.45, 2.75) is 32.7 Å². The molecule has 0 spiro atoms. The number of rotatable bonds is 5. The first kappa shape index (κ1) is 17.6. The fraction of sp³-hybridized carbons (Fsp3) is 0.333. The largest absolute Gasteiger partial charge is 0.324 e. The monoisotopic (exact) mass is 325 g/mol. The molecule has 1 unspecified atom stereocenters. The van der Waals surface area contributed by atoms with Gasteiger partial charge >= 0.3 is 0 Å². The summed E-state index contributed by atoms with van der Waals surface area (Å²) in [5.74, 6) is -0.0993. The van der Waals surface area contributed by atoms with Gasteiger partial charge in [0.15, 0.2) is 5.13 Å². The Morgan fingerprint density at radius 2 is 2.05 bits per heavy atom. The summed E-state index contributed by atoms with van der Waals surface area (Å²) in [6.45, 7) is 4.07. The summed E-state index contributed by atoms with van der Waals surface area (Å²) >= 11 is 1.51. The Kier molecular flexibility index (Phi) is 6.81. The second-order valence-corrected chi connectivity index (χ2v) is 5.85. The molecule has 0 saturated carbocycles. The molecule has 6 heteroatoms. The molecule has 0 aliphatic carbocycles. The molecule has 0 bridgehead atoms. The lowest BCUT2D eigenvalue weighted by Gasteiger charge is -2.10. The topological polar surface area (TPSA) is 68.0 Å². The van der Waals surface area contributed by atoms with Crippen molar-refractivity contribution in [3.05, 3.63) is 46.5 Å². The van der Waals surface area contributed by atoms with Crippen molar-refractivity contribution < 1.29 is 4.79 Å². The maximum absolute atomic E-state index is 12.0. The van der Waals surface area contributed by atoms with Crippen LogP contribution in [0.25, 0.3) is 0 Å². The van der Waals surface area contributed by atoms with E-state index in [-0.39, 0.29) is 30.8 Å². The second-order valence-electron chi connectivity index (χ2n) is 4.64. The normalized spacial score (nSPS) is 11.6. The van der Waals surface area contributed by atoms with Gasteiger partial charge in [-0.05, 0) is 18.9 Å². The molecule has 1 atom stereocenters. The molecule has 0 saturated heterocycles. The van der Waals surface area contributed by atoms with Crippen LogP contribution in [0.15, 0.2) is 30.3 Å². The zero-order valence-corrected chi connectivity index (χ0v) is 13.8. The molecule has 0 aliphatic heterocycles. The second kappa shape index (κ2) is 8.12. The minimum absolute atomic E-state index is 0. The molecule has 1 amide bonds. The van der Waals surface area contributed by atoms with E-state index in [0.29, 0.717) is 5.13 Å². The van der Waals surface area contributed by atoms with Gasteiger partial charge in [-0.3, -0.25) is 4.79 Å². The van der Waals surface area contributed by atoms with Crippen LogP contribution in [0.5, 0.6) is 0 Å². The lowest BCUT2D eigenvalue weighted by molar-refractivity contribution is -0.116. The van der Waals surface area contributed by atoms with E-state index in [0.717, 1.165) is 22.6 Å². The Bertz CT molecular complexity index is 586. The highest BCUT2D eigenvalue weighted by Gasteiger charge is 2.13. The summed E-state index contributed by atoms with van der Waals surface area (Å²) in [6, 6.07) is 9.35. The standard InChI is InChI=1S/C15H19N3OS.ClH/c1-3-13-10(2)20-15(17-13)18-14(19)9-12(16)11-7-5-4-6-8-11;/h4-8,12H,3,9,16H2,1-2H3,(H,17,18,19);1H.